The number of amides is 2. The molecular weight excluding hydrogens is 491 g/mol. The molecular formula is C26H20Cl2N2O5. The molecule has 1 aliphatic rings. The van der Waals surface area contributed by atoms with Gasteiger partial charge in [-0.25, -0.2) is 9.69 Å². The fourth-order valence-corrected chi connectivity index (χ4v) is 3.71. The predicted octanol–water partition coefficient (Wildman–Crippen LogP) is 5.70. The molecule has 0 fully saturated rings. The molecule has 1 N–H and O–H groups in total. The Labute approximate surface area is 211 Å². The van der Waals surface area contributed by atoms with Crippen molar-refractivity contribution < 1.29 is 23.9 Å². The zero-order valence-electron chi connectivity index (χ0n) is 18.8. The van der Waals surface area contributed by atoms with Gasteiger partial charge in [0.05, 0.1) is 17.9 Å². The number of benzene rings is 3. The number of hydrogen-bond acceptors (Lipinski definition) is 6. The van der Waals surface area contributed by atoms with Gasteiger partial charge in [0.25, 0.3) is 11.8 Å². The van der Waals surface area contributed by atoms with Crippen LogP contribution in [0.4, 0.5) is 11.4 Å². The van der Waals surface area contributed by atoms with Gasteiger partial charge in [0.2, 0.25) is 0 Å². The van der Waals surface area contributed by atoms with Crippen molar-refractivity contribution in [2.24, 2.45) is 0 Å². The van der Waals surface area contributed by atoms with Gasteiger partial charge in [0.1, 0.15) is 22.2 Å². The molecule has 2 amide bonds. The molecule has 4 rings (SSSR count). The van der Waals surface area contributed by atoms with Gasteiger partial charge in [-0.1, -0.05) is 23.2 Å². The van der Waals surface area contributed by atoms with E-state index in [-0.39, 0.29) is 10.7 Å². The lowest BCUT2D eigenvalue weighted by atomic mass is 10.2. The maximum absolute atomic E-state index is 13.0. The lowest BCUT2D eigenvalue weighted by molar-refractivity contribution is -0.120. The summed E-state index contributed by atoms with van der Waals surface area (Å²) in [4.78, 5) is 39.1. The Bertz CT molecular complexity index is 1330. The van der Waals surface area contributed by atoms with Gasteiger partial charge in [-0.2, -0.15) is 0 Å². The molecule has 0 saturated carbocycles. The summed E-state index contributed by atoms with van der Waals surface area (Å²) < 4.78 is 10.8. The van der Waals surface area contributed by atoms with Crippen molar-refractivity contribution in [2.45, 2.75) is 13.8 Å². The number of nitrogens with zero attached hydrogens (tertiary/aromatic N) is 1. The molecule has 0 saturated heterocycles. The molecule has 0 spiro atoms. The first-order valence-electron chi connectivity index (χ1n) is 10.7. The van der Waals surface area contributed by atoms with E-state index in [1.807, 2.05) is 13.8 Å². The summed E-state index contributed by atoms with van der Waals surface area (Å²) >= 11 is 12.2. The molecule has 0 radical (unpaired) electrons. The van der Waals surface area contributed by atoms with Crippen molar-refractivity contribution in [1.29, 1.82) is 0 Å². The van der Waals surface area contributed by atoms with Crippen molar-refractivity contribution in [3.63, 3.8) is 0 Å². The van der Waals surface area contributed by atoms with Crippen LogP contribution in [0.5, 0.6) is 11.5 Å². The molecule has 0 aliphatic carbocycles. The van der Waals surface area contributed by atoms with Crippen LogP contribution in [0.25, 0.3) is 0 Å². The van der Waals surface area contributed by atoms with Crippen molar-refractivity contribution in [3.8, 4) is 11.5 Å². The third kappa shape index (κ3) is 5.16. The van der Waals surface area contributed by atoms with E-state index in [0.717, 1.165) is 10.5 Å². The zero-order valence-corrected chi connectivity index (χ0v) is 20.3. The van der Waals surface area contributed by atoms with Crippen LogP contribution >= 0.6 is 23.2 Å². The molecule has 0 bridgehead atoms. The van der Waals surface area contributed by atoms with Crippen LogP contribution in [0, 0.1) is 6.92 Å². The Morgan fingerprint density at radius 3 is 2.20 bits per heavy atom. The molecule has 0 aromatic heterocycles. The highest BCUT2D eigenvalue weighted by atomic mass is 35.5. The third-order valence-electron chi connectivity index (χ3n) is 5.16. The molecule has 9 heteroatoms. The number of nitrogens with one attached hydrogen (secondary N) is 1. The summed E-state index contributed by atoms with van der Waals surface area (Å²) in [6, 6.07) is 17.7. The predicted molar refractivity (Wildman–Crippen MR) is 134 cm³/mol. The first-order chi connectivity index (χ1) is 16.8. The normalized spacial score (nSPS) is 13.3. The Hall–Kier alpha value is -3.81. The second-order valence-electron chi connectivity index (χ2n) is 7.56. The Kier molecular flexibility index (Phi) is 7.10. The summed E-state index contributed by atoms with van der Waals surface area (Å²) in [6.45, 7) is 4.17. The third-order valence-corrected chi connectivity index (χ3v) is 5.94. The highest BCUT2D eigenvalue weighted by Crippen LogP contribution is 2.31. The van der Waals surface area contributed by atoms with Crippen LogP contribution < -0.4 is 19.7 Å². The molecule has 0 atom stereocenters. The van der Waals surface area contributed by atoms with Crippen LogP contribution in [-0.2, 0) is 9.59 Å². The first kappa shape index (κ1) is 24.3. The van der Waals surface area contributed by atoms with E-state index in [2.05, 4.69) is 5.32 Å². The Morgan fingerprint density at radius 2 is 1.57 bits per heavy atom. The van der Waals surface area contributed by atoms with E-state index in [1.165, 1.54) is 12.1 Å². The van der Waals surface area contributed by atoms with Gasteiger partial charge >= 0.3 is 5.97 Å². The minimum absolute atomic E-state index is 0.0579. The van der Waals surface area contributed by atoms with Crippen LogP contribution in [-0.4, -0.2) is 24.4 Å². The maximum Gasteiger partial charge on any atom is 0.343 e. The number of aryl methyl sites for hydroxylation is 1. The fourth-order valence-electron chi connectivity index (χ4n) is 3.38. The average Bonchev–Trinajstić information content (AvgIpc) is 3.05. The standard InChI is InChI=1S/C26H20Cl2N2O5/c1-3-34-19-10-8-18(9-11-19)30-24(31)22(28)23(25(30)32)29-17-6-4-16(5-7-17)26(33)35-20-12-13-21(27)15(2)14-20/h4-14,29H,3H2,1-2H3. The van der Waals surface area contributed by atoms with Crippen molar-refractivity contribution in [3.05, 3.63) is 93.6 Å². The number of rotatable bonds is 7. The molecule has 3 aromatic rings. The van der Waals surface area contributed by atoms with Crippen molar-refractivity contribution >= 4 is 52.4 Å². The average molecular weight is 511 g/mol. The molecule has 1 heterocycles. The van der Waals surface area contributed by atoms with Gasteiger partial charge < -0.3 is 14.8 Å². The summed E-state index contributed by atoms with van der Waals surface area (Å²) in [5.74, 6) is -0.783. The van der Waals surface area contributed by atoms with Crippen molar-refractivity contribution in [1.82, 2.24) is 0 Å². The van der Waals surface area contributed by atoms with Gasteiger partial charge in [-0.3, -0.25) is 9.59 Å². The fraction of sp³-hybridized carbons (Fsp3) is 0.115. The second kappa shape index (κ2) is 10.2. The van der Waals surface area contributed by atoms with Gasteiger partial charge in [-0.05, 0) is 86.1 Å². The number of ether oxygens (including phenoxy) is 2. The second-order valence-corrected chi connectivity index (χ2v) is 8.35. The van der Waals surface area contributed by atoms with Crippen LogP contribution in [0.15, 0.2) is 77.5 Å². The summed E-state index contributed by atoms with van der Waals surface area (Å²) in [7, 11) is 0. The molecule has 35 heavy (non-hydrogen) atoms. The summed E-state index contributed by atoms with van der Waals surface area (Å²) in [6.07, 6.45) is 0. The number of hydrogen-bond donors (Lipinski definition) is 1. The summed E-state index contributed by atoms with van der Waals surface area (Å²) in [5, 5.41) is 3.22. The minimum atomic E-state index is -0.637. The lowest BCUT2D eigenvalue weighted by Gasteiger charge is -2.15. The van der Waals surface area contributed by atoms with E-state index in [9.17, 15) is 14.4 Å². The lowest BCUT2D eigenvalue weighted by Crippen LogP contribution is -2.32. The highest BCUT2D eigenvalue weighted by Gasteiger charge is 2.39. The quantitative estimate of drug-likeness (QED) is 0.249. The molecule has 3 aromatic carbocycles. The van der Waals surface area contributed by atoms with E-state index < -0.39 is 17.8 Å². The molecule has 178 valence electrons. The minimum Gasteiger partial charge on any atom is -0.494 e. The highest BCUT2D eigenvalue weighted by molar-refractivity contribution is 6.53. The number of carbonyl (C=O) groups is 3. The Morgan fingerprint density at radius 1 is 0.914 bits per heavy atom. The van der Waals surface area contributed by atoms with Crippen LogP contribution in [0.1, 0.15) is 22.8 Å². The number of anilines is 2. The number of halogens is 2. The van der Waals surface area contributed by atoms with Crippen molar-refractivity contribution in [2.75, 3.05) is 16.8 Å². The van der Waals surface area contributed by atoms with Gasteiger partial charge in [0.15, 0.2) is 0 Å². The SMILES string of the molecule is CCOc1ccc(N2C(=O)C(Cl)=C(Nc3ccc(C(=O)Oc4ccc(Cl)c(C)c4)cc3)C2=O)cc1. The van der Waals surface area contributed by atoms with E-state index in [4.69, 9.17) is 32.7 Å². The monoisotopic (exact) mass is 510 g/mol. The van der Waals surface area contributed by atoms with E-state index in [1.54, 1.807) is 54.6 Å². The molecule has 1 aliphatic heterocycles. The Balaban J connectivity index is 1.45. The number of carbonyl (C=O) groups excluding carboxylic acids is 3. The number of esters is 1. The molecule has 7 nitrogen and oxygen atoms in total. The van der Waals surface area contributed by atoms with Gasteiger partial charge in [-0.15, -0.1) is 0 Å². The van der Waals surface area contributed by atoms with Crippen LogP contribution in [0.3, 0.4) is 0 Å². The summed E-state index contributed by atoms with van der Waals surface area (Å²) in [5.41, 5.74) is 1.86. The molecule has 0 unspecified atom stereocenters. The first-order valence-corrected chi connectivity index (χ1v) is 11.4. The van der Waals surface area contributed by atoms with E-state index >= 15 is 0 Å². The van der Waals surface area contributed by atoms with Gasteiger partial charge in [0, 0.05) is 10.7 Å². The smallest absolute Gasteiger partial charge is 0.343 e. The largest absolute Gasteiger partial charge is 0.494 e. The van der Waals surface area contributed by atoms with E-state index in [0.29, 0.717) is 40.1 Å². The topological polar surface area (TPSA) is 84.9 Å². The number of imide groups is 1. The zero-order chi connectivity index (χ0) is 25.1. The maximum atomic E-state index is 13.0. The van der Waals surface area contributed by atoms with Crippen LogP contribution in [0.2, 0.25) is 5.02 Å².